The van der Waals surface area contributed by atoms with Crippen molar-refractivity contribution in [1.29, 1.82) is 0 Å². The standard InChI is InChI=1S/C21H30N2O/c1-19-11-13-12-22-23-18(13)10-14(19)4-5-15-16(19)6-8-20(2)17(15)7-9-21(20,3)24/h10,12,15-17,24H,4-9,11H2,1-3H3,(H,22,23)/t15-,16+,17-,19+,20+,21+/m0/s1. The summed E-state index contributed by atoms with van der Waals surface area (Å²) in [7, 11) is 0. The first-order valence-corrected chi connectivity index (χ1v) is 9.81. The van der Waals surface area contributed by atoms with Crippen LogP contribution in [0.15, 0.2) is 11.8 Å². The zero-order valence-electron chi connectivity index (χ0n) is 15.2. The van der Waals surface area contributed by atoms with Gasteiger partial charge in [0, 0.05) is 0 Å². The second-order valence-corrected chi connectivity index (χ2v) is 9.76. The highest BCUT2D eigenvalue weighted by molar-refractivity contribution is 5.58. The van der Waals surface area contributed by atoms with Gasteiger partial charge in [-0.1, -0.05) is 19.4 Å². The second-order valence-electron chi connectivity index (χ2n) is 9.76. The van der Waals surface area contributed by atoms with Gasteiger partial charge in [0.15, 0.2) is 0 Å². The third-order valence-corrected chi connectivity index (χ3v) is 8.93. The van der Waals surface area contributed by atoms with Gasteiger partial charge in [0.05, 0.1) is 17.5 Å². The minimum Gasteiger partial charge on any atom is -0.390 e. The van der Waals surface area contributed by atoms with Gasteiger partial charge in [-0.25, -0.2) is 0 Å². The number of hydrogen-bond acceptors (Lipinski definition) is 2. The first kappa shape index (κ1) is 15.2. The molecule has 2 N–H and O–H groups in total. The van der Waals surface area contributed by atoms with Crippen molar-refractivity contribution >= 4 is 6.08 Å². The average molecular weight is 326 g/mol. The molecule has 3 fully saturated rings. The summed E-state index contributed by atoms with van der Waals surface area (Å²) in [6.45, 7) is 6.99. The molecule has 0 bridgehead atoms. The number of hydrogen-bond donors (Lipinski definition) is 2. The molecule has 1 aromatic rings. The lowest BCUT2D eigenvalue weighted by Gasteiger charge is -2.58. The highest BCUT2D eigenvalue weighted by atomic mass is 16.3. The van der Waals surface area contributed by atoms with Gasteiger partial charge in [-0.15, -0.1) is 0 Å². The third-order valence-electron chi connectivity index (χ3n) is 8.93. The van der Waals surface area contributed by atoms with Crippen LogP contribution in [0.2, 0.25) is 0 Å². The molecule has 1 aromatic heterocycles. The number of H-pyrrole nitrogens is 1. The predicted molar refractivity (Wildman–Crippen MR) is 95.3 cm³/mol. The van der Waals surface area contributed by atoms with Crippen molar-refractivity contribution in [1.82, 2.24) is 10.2 Å². The predicted octanol–water partition coefficient (Wildman–Crippen LogP) is 4.34. The molecule has 24 heavy (non-hydrogen) atoms. The van der Waals surface area contributed by atoms with Crippen LogP contribution in [0.1, 0.15) is 70.6 Å². The summed E-state index contributed by atoms with van der Waals surface area (Å²) >= 11 is 0. The summed E-state index contributed by atoms with van der Waals surface area (Å²) in [4.78, 5) is 0. The van der Waals surface area contributed by atoms with Gasteiger partial charge in [0.2, 0.25) is 0 Å². The summed E-state index contributed by atoms with van der Waals surface area (Å²) < 4.78 is 0. The molecule has 3 nitrogen and oxygen atoms in total. The summed E-state index contributed by atoms with van der Waals surface area (Å²) in [5.74, 6) is 2.26. The molecule has 0 aliphatic heterocycles. The summed E-state index contributed by atoms with van der Waals surface area (Å²) in [6, 6.07) is 0. The monoisotopic (exact) mass is 326 g/mol. The van der Waals surface area contributed by atoms with Gasteiger partial charge in [0.25, 0.3) is 0 Å². The first-order chi connectivity index (χ1) is 11.4. The van der Waals surface area contributed by atoms with Gasteiger partial charge < -0.3 is 5.11 Å². The molecule has 0 aromatic carbocycles. The van der Waals surface area contributed by atoms with Crippen LogP contribution < -0.4 is 0 Å². The van der Waals surface area contributed by atoms with Crippen LogP contribution in [-0.4, -0.2) is 20.9 Å². The fraction of sp³-hybridized carbons (Fsp3) is 0.762. The van der Waals surface area contributed by atoms with Crippen molar-refractivity contribution in [3.05, 3.63) is 23.0 Å². The van der Waals surface area contributed by atoms with E-state index in [-0.39, 0.29) is 5.41 Å². The number of allylic oxidation sites excluding steroid dienone is 1. The fourth-order valence-electron chi connectivity index (χ4n) is 7.21. The topological polar surface area (TPSA) is 48.9 Å². The largest absolute Gasteiger partial charge is 0.390 e. The summed E-state index contributed by atoms with van der Waals surface area (Å²) in [5, 5.41) is 18.5. The number of aromatic amines is 1. The molecular formula is C21H30N2O. The van der Waals surface area contributed by atoms with Crippen LogP contribution in [0.3, 0.4) is 0 Å². The molecule has 0 unspecified atom stereocenters. The molecule has 0 radical (unpaired) electrons. The smallest absolute Gasteiger partial charge is 0.0675 e. The number of rotatable bonds is 0. The Bertz CT molecular complexity index is 717. The molecule has 5 rings (SSSR count). The van der Waals surface area contributed by atoms with E-state index in [4.69, 9.17) is 0 Å². The van der Waals surface area contributed by atoms with Gasteiger partial charge in [-0.3, -0.25) is 5.10 Å². The van der Waals surface area contributed by atoms with Crippen molar-refractivity contribution in [2.24, 2.45) is 28.6 Å². The number of aliphatic hydroxyl groups is 1. The lowest BCUT2D eigenvalue weighted by atomic mass is 9.46. The maximum absolute atomic E-state index is 11.0. The van der Waals surface area contributed by atoms with Crippen molar-refractivity contribution in [3.63, 3.8) is 0 Å². The van der Waals surface area contributed by atoms with E-state index in [1.54, 1.807) is 5.57 Å². The minimum atomic E-state index is -0.468. The van der Waals surface area contributed by atoms with Crippen LogP contribution >= 0.6 is 0 Å². The zero-order valence-corrected chi connectivity index (χ0v) is 15.2. The van der Waals surface area contributed by atoms with E-state index in [9.17, 15) is 5.11 Å². The first-order valence-electron chi connectivity index (χ1n) is 9.81. The molecule has 4 aliphatic rings. The molecule has 1 heterocycles. The molecule has 0 saturated heterocycles. The molecule has 0 spiro atoms. The summed E-state index contributed by atoms with van der Waals surface area (Å²) in [6.07, 6.45) is 12.8. The normalized spacial score (nSPS) is 49.7. The van der Waals surface area contributed by atoms with Gasteiger partial charge in [-0.05, 0) is 92.1 Å². The van der Waals surface area contributed by atoms with Gasteiger partial charge >= 0.3 is 0 Å². The Balaban J connectivity index is 1.53. The van der Waals surface area contributed by atoms with Crippen molar-refractivity contribution < 1.29 is 5.11 Å². The van der Waals surface area contributed by atoms with E-state index < -0.39 is 5.60 Å². The summed E-state index contributed by atoms with van der Waals surface area (Å²) in [5.41, 5.74) is 4.24. The number of nitrogens with one attached hydrogen (secondary N) is 1. The molecule has 3 saturated carbocycles. The van der Waals surface area contributed by atoms with Crippen LogP contribution in [0.4, 0.5) is 0 Å². The molecule has 0 amide bonds. The van der Waals surface area contributed by atoms with Crippen LogP contribution in [0.5, 0.6) is 0 Å². The Morgan fingerprint density at radius 1 is 1.12 bits per heavy atom. The van der Waals surface area contributed by atoms with Crippen molar-refractivity contribution in [2.75, 3.05) is 0 Å². The number of fused-ring (bicyclic) bond motifs is 6. The highest BCUT2D eigenvalue weighted by Crippen LogP contribution is 2.67. The SMILES string of the molecule is C[C@@]12Cc3cn[nH]c3C=C1CC[C@H]1[C@H]2CC[C@]2(C)[C@H]1CC[C@@]2(C)O. The minimum absolute atomic E-state index is 0.126. The maximum atomic E-state index is 11.0. The lowest BCUT2D eigenvalue weighted by Crippen LogP contribution is -2.54. The molecule has 3 heteroatoms. The van der Waals surface area contributed by atoms with Crippen LogP contribution in [0.25, 0.3) is 6.08 Å². The van der Waals surface area contributed by atoms with Crippen LogP contribution in [-0.2, 0) is 6.42 Å². The number of aromatic nitrogens is 2. The van der Waals surface area contributed by atoms with E-state index in [0.29, 0.717) is 11.3 Å². The third kappa shape index (κ3) is 1.70. The highest BCUT2D eigenvalue weighted by Gasteiger charge is 2.62. The Hall–Kier alpha value is -1.09. The molecule has 4 aliphatic carbocycles. The molecule has 6 atom stereocenters. The second kappa shape index (κ2) is 4.55. The van der Waals surface area contributed by atoms with E-state index in [0.717, 1.165) is 24.7 Å². The molecule has 130 valence electrons. The van der Waals surface area contributed by atoms with E-state index in [1.165, 1.54) is 43.4 Å². The Kier molecular flexibility index (Phi) is 2.88. The zero-order chi connectivity index (χ0) is 16.7. The van der Waals surface area contributed by atoms with E-state index in [1.807, 2.05) is 6.20 Å². The number of nitrogens with zero attached hydrogens (tertiary/aromatic N) is 1. The fourth-order valence-corrected chi connectivity index (χ4v) is 7.21. The van der Waals surface area contributed by atoms with Gasteiger partial charge in [0.1, 0.15) is 0 Å². The van der Waals surface area contributed by atoms with Gasteiger partial charge in [-0.2, -0.15) is 5.10 Å². The Labute approximate surface area is 144 Å². The maximum Gasteiger partial charge on any atom is 0.0675 e. The molecular weight excluding hydrogens is 296 g/mol. The van der Waals surface area contributed by atoms with Crippen molar-refractivity contribution in [3.8, 4) is 0 Å². The Morgan fingerprint density at radius 2 is 1.92 bits per heavy atom. The average Bonchev–Trinajstić information content (AvgIpc) is 3.06. The van der Waals surface area contributed by atoms with E-state index in [2.05, 4.69) is 37.0 Å². The van der Waals surface area contributed by atoms with Crippen LogP contribution in [0, 0.1) is 28.6 Å². The van der Waals surface area contributed by atoms with E-state index >= 15 is 0 Å². The van der Waals surface area contributed by atoms with Crippen molar-refractivity contribution in [2.45, 2.75) is 71.3 Å². The Morgan fingerprint density at radius 3 is 2.75 bits per heavy atom. The lowest BCUT2D eigenvalue weighted by molar-refractivity contribution is -0.116. The quantitative estimate of drug-likeness (QED) is 0.745.